The number of ether oxygens (including phenoxy) is 1. The molecule has 5 heteroatoms. The molecule has 0 saturated heterocycles. The van der Waals surface area contributed by atoms with Gasteiger partial charge in [0, 0.05) is 5.56 Å². The maximum Gasteiger partial charge on any atom is 0.387 e. The predicted octanol–water partition coefficient (Wildman–Crippen LogP) is 4.23. The molecule has 0 saturated carbocycles. The second-order valence-corrected chi connectivity index (χ2v) is 3.47. The Morgan fingerprint density at radius 1 is 0.833 bits per heavy atom. The second-order valence-electron chi connectivity index (χ2n) is 3.47. The van der Waals surface area contributed by atoms with Crippen LogP contribution in [0.25, 0.3) is 11.1 Å². The van der Waals surface area contributed by atoms with Crippen molar-refractivity contribution in [2.75, 3.05) is 0 Å². The van der Waals surface area contributed by atoms with Crippen molar-refractivity contribution in [3.05, 3.63) is 54.1 Å². The summed E-state index contributed by atoms with van der Waals surface area (Å²) in [5, 5.41) is 0. The summed E-state index contributed by atoms with van der Waals surface area (Å²) in [6.45, 7) is -3.05. The van der Waals surface area contributed by atoms with Gasteiger partial charge in [-0.3, -0.25) is 0 Å². The van der Waals surface area contributed by atoms with Crippen molar-refractivity contribution in [3.8, 4) is 16.9 Å². The van der Waals surface area contributed by atoms with Gasteiger partial charge in [0.15, 0.2) is 0 Å². The summed E-state index contributed by atoms with van der Waals surface area (Å²) in [4.78, 5) is 0. The van der Waals surface area contributed by atoms with Crippen LogP contribution in [0.5, 0.6) is 5.75 Å². The van der Waals surface area contributed by atoms with Gasteiger partial charge < -0.3 is 4.74 Å². The number of alkyl halides is 2. The standard InChI is InChI=1S/C13H8F4O/c14-9-5-3-6-10(15)12(9)8-4-1-2-7-11(8)18-13(16)17/h1-7,13H. The summed E-state index contributed by atoms with van der Waals surface area (Å²) in [6.07, 6.45) is 0. The van der Waals surface area contributed by atoms with Crippen LogP contribution in [0.2, 0.25) is 0 Å². The van der Waals surface area contributed by atoms with Crippen molar-refractivity contribution in [2.45, 2.75) is 6.61 Å². The van der Waals surface area contributed by atoms with Crippen LogP contribution in [0.4, 0.5) is 17.6 Å². The smallest absolute Gasteiger partial charge is 0.387 e. The lowest BCUT2D eigenvalue weighted by Crippen LogP contribution is -2.04. The Morgan fingerprint density at radius 3 is 2.06 bits per heavy atom. The molecule has 0 unspecified atom stereocenters. The highest BCUT2D eigenvalue weighted by Crippen LogP contribution is 2.34. The van der Waals surface area contributed by atoms with Crippen molar-refractivity contribution in [1.29, 1.82) is 0 Å². The third kappa shape index (κ3) is 2.45. The van der Waals surface area contributed by atoms with E-state index in [0.29, 0.717) is 0 Å². The van der Waals surface area contributed by atoms with Gasteiger partial charge in [-0.25, -0.2) is 8.78 Å². The molecule has 0 bridgehead atoms. The number of benzene rings is 2. The van der Waals surface area contributed by atoms with Crippen LogP contribution >= 0.6 is 0 Å². The average Bonchev–Trinajstić information content (AvgIpc) is 2.30. The van der Waals surface area contributed by atoms with Gasteiger partial charge in [-0.2, -0.15) is 8.78 Å². The minimum Gasteiger partial charge on any atom is -0.434 e. The summed E-state index contributed by atoms with van der Waals surface area (Å²) in [6, 6.07) is 8.78. The summed E-state index contributed by atoms with van der Waals surface area (Å²) < 4.78 is 55.8. The van der Waals surface area contributed by atoms with Crippen LogP contribution in [0.3, 0.4) is 0 Å². The molecule has 0 aromatic heterocycles. The Bertz CT molecular complexity index is 534. The van der Waals surface area contributed by atoms with E-state index in [1.54, 1.807) is 0 Å². The number of hydrogen-bond acceptors (Lipinski definition) is 1. The Labute approximate surface area is 101 Å². The van der Waals surface area contributed by atoms with Gasteiger partial charge in [0.2, 0.25) is 0 Å². The Balaban J connectivity index is 2.57. The molecular formula is C13H8F4O. The topological polar surface area (TPSA) is 9.23 Å². The molecule has 0 spiro atoms. The number of rotatable bonds is 3. The molecule has 0 aliphatic carbocycles. The molecule has 0 aliphatic heterocycles. The van der Waals surface area contributed by atoms with Crippen LogP contribution in [0.1, 0.15) is 0 Å². The minimum atomic E-state index is -3.05. The molecule has 2 aromatic rings. The van der Waals surface area contributed by atoms with E-state index in [2.05, 4.69) is 4.74 Å². The first-order chi connectivity index (χ1) is 8.59. The van der Waals surface area contributed by atoms with Crippen molar-refractivity contribution in [1.82, 2.24) is 0 Å². The lowest BCUT2D eigenvalue weighted by atomic mass is 10.0. The van der Waals surface area contributed by atoms with Gasteiger partial charge in [-0.15, -0.1) is 0 Å². The maximum absolute atomic E-state index is 13.6. The van der Waals surface area contributed by atoms with Crippen LogP contribution in [-0.4, -0.2) is 6.61 Å². The van der Waals surface area contributed by atoms with Crippen LogP contribution in [0.15, 0.2) is 42.5 Å². The fraction of sp³-hybridized carbons (Fsp3) is 0.0769. The molecule has 0 fully saturated rings. The average molecular weight is 256 g/mol. The van der Waals surface area contributed by atoms with E-state index in [1.807, 2.05) is 0 Å². The molecule has 0 atom stereocenters. The first-order valence-electron chi connectivity index (χ1n) is 5.08. The minimum absolute atomic E-state index is 0.0478. The number of para-hydroxylation sites is 1. The van der Waals surface area contributed by atoms with E-state index < -0.39 is 18.2 Å². The number of halogens is 4. The normalized spacial score (nSPS) is 10.7. The van der Waals surface area contributed by atoms with Crippen LogP contribution < -0.4 is 4.74 Å². The lowest BCUT2D eigenvalue weighted by molar-refractivity contribution is -0.0494. The van der Waals surface area contributed by atoms with Gasteiger partial charge in [0.1, 0.15) is 17.4 Å². The highest BCUT2D eigenvalue weighted by atomic mass is 19.3. The zero-order chi connectivity index (χ0) is 13.1. The molecule has 2 aromatic carbocycles. The van der Waals surface area contributed by atoms with Gasteiger partial charge in [-0.1, -0.05) is 24.3 Å². The van der Waals surface area contributed by atoms with Crippen molar-refractivity contribution in [3.63, 3.8) is 0 Å². The third-order valence-electron chi connectivity index (χ3n) is 2.34. The summed E-state index contributed by atoms with van der Waals surface area (Å²) in [5.74, 6) is -1.93. The van der Waals surface area contributed by atoms with Gasteiger partial charge >= 0.3 is 6.61 Å². The van der Waals surface area contributed by atoms with E-state index in [0.717, 1.165) is 12.1 Å². The molecule has 0 heterocycles. The van der Waals surface area contributed by atoms with Crippen molar-refractivity contribution < 1.29 is 22.3 Å². The third-order valence-corrected chi connectivity index (χ3v) is 2.34. The molecule has 18 heavy (non-hydrogen) atoms. The van der Waals surface area contributed by atoms with E-state index >= 15 is 0 Å². The van der Waals surface area contributed by atoms with E-state index in [-0.39, 0.29) is 16.9 Å². The quantitative estimate of drug-likeness (QED) is 0.746. The predicted molar refractivity (Wildman–Crippen MR) is 58.4 cm³/mol. The SMILES string of the molecule is Fc1cccc(F)c1-c1ccccc1OC(F)F. The fourth-order valence-corrected chi connectivity index (χ4v) is 1.63. The lowest BCUT2D eigenvalue weighted by Gasteiger charge is -2.11. The van der Waals surface area contributed by atoms with Gasteiger partial charge in [0.25, 0.3) is 0 Å². The highest BCUT2D eigenvalue weighted by Gasteiger charge is 2.17. The Morgan fingerprint density at radius 2 is 1.44 bits per heavy atom. The van der Waals surface area contributed by atoms with Gasteiger partial charge in [-0.05, 0) is 18.2 Å². The molecule has 0 radical (unpaired) electrons. The second kappa shape index (κ2) is 5.08. The summed E-state index contributed by atoms with van der Waals surface area (Å²) in [7, 11) is 0. The molecule has 1 nitrogen and oxygen atoms in total. The zero-order valence-electron chi connectivity index (χ0n) is 9.04. The maximum atomic E-state index is 13.6. The van der Waals surface area contributed by atoms with Crippen LogP contribution in [-0.2, 0) is 0 Å². The van der Waals surface area contributed by atoms with Crippen molar-refractivity contribution >= 4 is 0 Å². The Kier molecular flexibility index (Phi) is 3.50. The molecule has 0 amide bonds. The first kappa shape index (κ1) is 12.4. The summed E-state index contributed by atoms with van der Waals surface area (Å²) in [5.41, 5.74) is -0.429. The Hall–Kier alpha value is -2.04. The van der Waals surface area contributed by atoms with Crippen molar-refractivity contribution in [2.24, 2.45) is 0 Å². The molecule has 0 aliphatic rings. The molecular weight excluding hydrogens is 248 g/mol. The monoisotopic (exact) mass is 256 g/mol. The summed E-state index contributed by atoms with van der Waals surface area (Å²) >= 11 is 0. The molecule has 0 N–H and O–H groups in total. The van der Waals surface area contributed by atoms with Gasteiger partial charge in [0.05, 0.1) is 5.56 Å². The highest BCUT2D eigenvalue weighted by molar-refractivity contribution is 5.71. The van der Waals surface area contributed by atoms with E-state index in [1.165, 1.54) is 30.3 Å². The molecule has 2 rings (SSSR count). The number of hydrogen-bond donors (Lipinski definition) is 0. The first-order valence-corrected chi connectivity index (χ1v) is 5.08. The fourth-order valence-electron chi connectivity index (χ4n) is 1.63. The van der Waals surface area contributed by atoms with Crippen LogP contribution in [0, 0.1) is 11.6 Å². The zero-order valence-corrected chi connectivity index (χ0v) is 9.04. The molecule has 94 valence electrons. The van der Waals surface area contributed by atoms with E-state index in [9.17, 15) is 17.6 Å². The largest absolute Gasteiger partial charge is 0.434 e. The van der Waals surface area contributed by atoms with E-state index in [4.69, 9.17) is 0 Å².